The Labute approximate surface area is 537 Å². The third-order valence-corrected chi connectivity index (χ3v) is 17.4. The molecule has 10 N–H and O–H groups in total. The summed E-state index contributed by atoms with van der Waals surface area (Å²) in [5, 5.41) is 34.2. The van der Waals surface area contributed by atoms with Gasteiger partial charge < -0.3 is 95.8 Å². The molecule has 0 amide bonds. The SMILES string of the molecule is COC1OC(COS(=O)(=O)O)C(OC2OC3(C(=O)O)COC(O)(C2OC)C3OC2OC(COS(=O)(=O)O)C(OC3OC(C(=O)O)C(OC4OC(COS(=O)(=O)O)C(OC)C(OC)C4OC)C(OC)C3OC)C(OS(=O)(=O)O)C2OS(=O)(=O)O)C(OS(=O)(=O)O)C1OS(=O)(=O)O. The van der Waals surface area contributed by atoms with E-state index >= 15 is 0 Å². The Hall–Kier alpha value is -2.69. The molecule has 6 rings (SSSR count). The first kappa shape index (κ1) is 81.3. The number of ether oxygens (including phenoxy) is 17. The molecule has 2 bridgehead atoms. The zero-order valence-corrected chi connectivity index (χ0v) is 54.5. The molecule has 50 nitrogen and oxygen atoms in total. The van der Waals surface area contributed by atoms with E-state index in [9.17, 15) is 116 Å². The molecule has 556 valence electrons. The normalized spacial score (nSPS) is 39.4. The Kier molecular flexibility index (Phi) is 26.8. The fraction of sp³-hybridized carbons (Fsp3) is 0.947. The predicted molar refractivity (Wildman–Crippen MR) is 278 cm³/mol. The van der Waals surface area contributed by atoms with E-state index in [4.69, 9.17) is 84.7 Å². The minimum absolute atomic E-state index is 0.595. The monoisotopic (exact) mass is 1540 g/mol. The van der Waals surface area contributed by atoms with Gasteiger partial charge in [0.2, 0.25) is 11.4 Å². The van der Waals surface area contributed by atoms with Crippen LogP contribution >= 0.6 is 0 Å². The lowest BCUT2D eigenvalue weighted by Crippen LogP contribution is -2.74. The maximum absolute atomic E-state index is 13.6. The lowest BCUT2D eigenvalue weighted by molar-refractivity contribution is -0.415. The predicted octanol–water partition coefficient (Wildman–Crippen LogP) is -8.64. The summed E-state index contributed by atoms with van der Waals surface area (Å²) < 4.78 is 366. The molecule has 6 fully saturated rings. The molecular formula is C38H62O50S7. The van der Waals surface area contributed by atoms with Crippen LogP contribution in [0.15, 0.2) is 0 Å². The summed E-state index contributed by atoms with van der Waals surface area (Å²) in [4.78, 5) is 26.9. The van der Waals surface area contributed by atoms with E-state index in [0.29, 0.717) is 14.2 Å². The van der Waals surface area contributed by atoms with Crippen LogP contribution < -0.4 is 0 Å². The Bertz CT molecular complexity index is 3470. The molecular weight excluding hydrogens is 1480 g/mol. The first-order valence-electron chi connectivity index (χ1n) is 25.5. The van der Waals surface area contributed by atoms with Gasteiger partial charge in [0.05, 0.1) is 26.4 Å². The van der Waals surface area contributed by atoms with Gasteiger partial charge in [-0.2, -0.15) is 58.9 Å². The molecule has 0 aliphatic carbocycles. The Morgan fingerprint density at radius 3 is 1.11 bits per heavy atom. The second-order valence-corrected chi connectivity index (χ2v) is 27.4. The number of carbonyl (C=O) groups is 2. The average Bonchev–Trinajstić information content (AvgIpc) is 1.58. The van der Waals surface area contributed by atoms with Crippen molar-refractivity contribution in [3.8, 4) is 0 Å². The second-order valence-electron chi connectivity index (χ2n) is 19.9. The molecule has 6 aliphatic heterocycles. The topological polar surface area (TPSA) is 697 Å². The number of aliphatic carboxylic acids is 2. The smallest absolute Gasteiger partial charge is 0.397 e. The fourth-order valence-electron chi connectivity index (χ4n) is 10.7. The number of fused-ring (bicyclic) bond motifs is 2. The minimum Gasteiger partial charge on any atom is -0.479 e. The van der Waals surface area contributed by atoms with Gasteiger partial charge >= 0.3 is 84.7 Å². The highest BCUT2D eigenvalue weighted by atomic mass is 32.3. The van der Waals surface area contributed by atoms with E-state index in [2.05, 4.69) is 25.1 Å². The summed E-state index contributed by atoms with van der Waals surface area (Å²) in [6.07, 6.45) is -56.0. The van der Waals surface area contributed by atoms with Gasteiger partial charge in [0.1, 0.15) is 79.4 Å². The molecule has 0 aromatic heterocycles. The van der Waals surface area contributed by atoms with Crippen molar-refractivity contribution in [2.75, 3.05) is 76.2 Å². The third kappa shape index (κ3) is 20.3. The van der Waals surface area contributed by atoms with Crippen LogP contribution in [0.25, 0.3) is 0 Å². The third-order valence-electron chi connectivity index (χ3n) is 14.2. The number of methoxy groups -OCH3 is 7. The highest BCUT2D eigenvalue weighted by Crippen LogP contribution is 2.50. The van der Waals surface area contributed by atoms with E-state index in [1.54, 1.807) is 0 Å². The van der Waals surface area contributed by atoms with Crippen molar-refractivity contribution < 1.29 is 226 Å². The van der Waals surface area contributed by atoms with Crippen molar-refractivity contribution in [3.63, 3.8) is 0 Å². The molecule has 95 heavy (non-hydrogen) atoms. The van der Waals surface area contributed by atoms with E-state index in [-0.39, 0.29) is 0 Å². The van der Waals surface area contributed by atoms with Gasteiger partial charge in [0, 0.05) is 49.8 Å². The van der Waals surface area contributed by atoms with Crippen molar-refractivity contribution in [1.82, 2.24) is 0 Å². The van der Waals surface area contributed by atoms with Gasteiger partial charge in [0.25, 0.3) is 0 Å². The Morgan fingerprint density at radius 2 is 0.737 bits per heavy atom. The molecule has 0 aromatic rings. The van der Waals surface area contributed by atoms with Gasteiger partial charge in [-0.3, -0.25) is 31.9 Å². The van der Waals surface area contributed by atoms with Crippen LogP contribution in [0.3, 0.4) is 0 Å². The molecule has 0 aromatic carbocycles. The van der Waals surface area contributed by atoms with Gasteiger partial charge in [0.15, 0.2) is 62.0 Å². The van der Waals surface area contributed by atoms with Gasteiger partial charge in [-0.05, 0) is 0 Å². The number of carboxylic acids is 2. The Balaban J connectivity index is 1.45. The van der Waals surface area contributed by atoms with Crippen molar-refractivity contribution in [2.45, 2.75) is 153 Å². The van der Waals surface area contributed by atoms with Crippen LogP contribution in [0.2, 0.25) is 0 Å². The quantitative estimate of drug-likeness (QED) is 0.0268. The molecule has 57 heteroatoms. The standard InChI is InChI=1S/C38H62O50S7/c1-65-15-12(8-73-89(44,45)46)77-31(24(68-4)18(15)66-2)81-20-19(67-3)25(69-5)32(82-23(20)29(39)40)79-16-14(10-75-91(50,51)52)78-33(27(88-95(62,63)64)22(16)86-93(56,57)58)83-35-37(36(41)42)11-72-38(35,43)28(70-6)34(84-37)80-17-13(9-74-90(47,48)49)76-30(71-7)26(87-94(59,60)61)21(17)85-92(53,54)55/h12-28,30-35,43H,8-11H2,1-7H3,(H,39,40)(H,41,42)(H,44,45,46)(H,47,48,49)(H,50,51,52)(H,53,54,55)(H,56,57,58)(H,59,60,61)(H,62,63,64). The average molecular weight is 1540 g/mol. The first-order valence-corrected chi connectivity index (χ1v) is 35.1. The number of aliphatic hydroxyl groups is 1. The van der Waals surface area contributed by atoms with Crippen molar-refractivity contribution in [1.29, 1.82) is 0 Å². The summed E-state index contributed by atoms with van der Waals surface area (Å²) >= 11 is 0. The van der Waals surface area contributed by atoms with Crippen LogP contribution in [0.1, 0.15) is 0 Å². The maximum atomic E-state index is 13.6. The zero-order chi connectivity index (χ0) is 71.7. The second kappa shape index (κ2) is 31.3. The van der Waals surface area contributed by atoms with Crippen LogP contribution in [0, 0.1) is 0 Å². The molecule has 25 unspecified atom stereocenters. The van der Waals surface area contributed by atoms with Crippen LogP contribution in [0.5, 0.6) is 0 Å². The highest BCUT2D eigenvalue weighted by molar-refractivity contribution is 7.82. The maximum Gasteiger partial charge on any atom is 0.397 e. The number of rotatable bonds is 34. The van der Waals surface area contributed by atoms with Gasteiger partial charge in [-0.1, -0.05) is 0 Å². The molecule has 6 aliphatic rings. The summed E-state index contributed by atoms with van der Waals surface area (Å²) in [5.41, 5.74) is -3.58. The summed E-state index contributed by atoms with van der Waals surface area (Å²) in [7, 11) is -34.7. The van der Waals surface area contributed by atoms with Crippen LogP contribution in [-0.2, 0) is 192 Å². The lowest BCUT2D eigenvalue weighted by Gasteiger charge is -2.52. The summed E-state index contributed by atoms with van der Waals surface area (Å²) in [6.45, 7) is -6.07. The number of hydrogen-bond acceptors (Lipinski definition) is 41. The van der Waals surface area contributed by atoms with E-state index in [0.717, 1.165) is 35.5 Å². The van der Waals surface area contributed by atoms with Gasteiger partial charge in [-0.25, -0.2) is 38.9 Å². The molecule has 6 saturated heterocycles. The molecule has 0 saturated carbocycles. The van der Waals surface area contributed by atoms with Crippen molar-refractivity contribution >= 4 is 84.7 Å². The summed E-state index contributed by atoms with van der Waals surface area (Å²) in [6, 6.07) is 0. The van der Waals surface area contributed by atoms with E-state index in [1.165, 1.54) is 0 Å². The molecule has 0 radical (unpaired) electrons. The van der Waals surface area contributed by atoms with E-state index in [1.807, 2.05) is 0 Å². The van der Waals surface area contributed by atoms with Crippen LogP contribution in [-0.4, -0.2) is 347 Å². The lowest BCUT2D eigenvalue weighted by atomic mass is 9.86. The van der Waals surface area contributed by atoms with Crippen molar-refractivity contribution in [2.24, 2.45) is 0 Å². The highest BCUT2D eigenvalue weighted by Gasteiger charge is 2.76. The van der Waals surface area contributed by atoms with E-state index < -0.39 is 264 Å². The van der Waals surface area contributed by atoms with Gasteiger partial charge in [-0.15, -0.1) is 0 Å². The zero-order valence-electron chi connectivity index (χ0n) is 48.8. The largest absolute Gasteiger partial charge is 0.479 e. The fourth-order valence-corrected chi connectivity index (χ4v) is 13.6. The molecule has 25 atom stereocenters. The Morgan fingerprint density at radius 1 is 0.389 bits per heavy atom. The first-order chi connectivity index (χ1) is 43.6. The number of hydrogen-bond donors (Lipinski definition) is 10. The molecule has 0 spiro atoms. The number of carboxylic acid groups (broad SMARTS) is 2. The summed E-state index contributed by atoms with van der Waals surface area (Å²) in [5.74, 6) is -8.17. The van der Waals surface area contributed by atoms with Crippen molar-refractivity contribution in [3.05, 3.63) is 0 Å². The minimum atomic E-state index is -6.26. The van der Waals surface area contributed by atoms with Crippen LogP contribution in [0.4, 0.5) is 0 Å². The molecule has 6 heterocycles.